The monoisotopic (exact) mass is 211 g/mol. The molecule has 0 amide bonds. The van der Waals surface area contributed by atoms with Gasteiger partial charge in [-0.15, -0.1) is 0 Å². The third kappa shape index (κ3) is 1.38. The van der Waals surface area contributed by atoms with Gasteiger partial charge in [-0.25, -0.2) is 4.68 Å². The van der Waals surface area contributed by atoms with Crippen molar-refractivity contribution in [3.05, 3.63) is 49.1 Å². The van der Waals surface area contributed by atoms with Crippen LogP contribution < -0.4 is 0 Å². The molecule has 3 rings (SSSR count). The van der Waals surface area contributed by atoms with Gasteiger partial charge < -0.3 is 0 Å². The van der Waals surface area contributed by atoms with Crippen molar-refractivity contribution in [3.63, 3.8) is 0 Å². The normalized spacial score (nSPS) is 10.5. The Labute approximate surface area is 91.8 Å². The summed E-state index contributed by atoms with van der Waals surface area (Å²) >= 11 is 0. The van der Waals surface area contributed by atoms with Crippen LogP contribution in [0.2, 0.25) is 0 Å². The standard InChI is InChI=1S/C11H9N5/c1-5-12-6-2-9(1)10-3-8-14-16(10)11-4-7-13-15-11/h1-8H,(H,13,15). The molecule has 3 heterocycles. The molecule has 5 heteroatoms. The number of rotatable bonds is 2. The smallest absolute Gasteiger partial charge is 0.149 e. The highest BCUT2D eigenvalue weighted by Crippen LogP contribution is 2.19. The molecular weight excluding hydrogens is 202 g/mol. The Morgan fingerprint density at radius 3 is 2.56 bits per heavy atom. The number of hydrogen-bond donors (Lipinski definition) is 1. The van der Waals surface area contributed by atoms with Gasteiger partial charge in [-0.2, -0.15) is 10.2 Å². The molecule has 0 aliphatic rings. The lowest BCUT2D eigenvalue weighted by Crippen LogP contribution is -1.99. The fraction of sp³-hybridized carbons (Fsp3) is 0. The number of nitrogens with zero attached hydrogens (tertiary/aromatic N) is 4. The summed E-state index contributed by atoms with van der Waals surface area (Å²) in [5.41, 5.74) is 2.08. The molecule has 78 valence electrons. The van der Waals surface area contributed by atoms with E-state index in [2.05, 4.69) is 20.3 Å². The van der Waals surface area contributed by atoms with E-state index >= 15 is 0 Å². The molecule has 0 unspecified atom stereocenters. The summed E-state index contributed by atoms with van der Waals surface area (Å²) in [6.07, 6.45) is 6.99. The summed E-state index contributed by atoms with van der Waals surface area (Å²) in [4.78, 5) is 4.00. The summed E-state index contributed by atoms with van der Waals surface area (Å²) in [6.45, 7) is 0. The van der Waals surface area contributed by atoms with E-state index in [4.69, 9.17) is 0 Å². The summed E-state index contributed by atoms with van der Waals surface area (Å²) in [5.74, 6) is 0.844. The first-order valence-electron chi connectivity index (χ1n) is 4.89. The molecule has 0 aromatic carbocycles. The van der Waals surface area contributed by atoms with Crippen LogP contribution in [0.5, 0.6) is 0 Å². The third-order valence-electron chi connectivity index (χ3n) is 2.33. The van der Waals surface area contributed by atoms with Gasteiger partial charge in [0, 0.05) is 24.0 Å². The molecule has 0 fully saturated rings. The Morgan fingerprint density at radius 2 is 1.81 bits per heavy atom. The second-order valence-corrected chi connectivity index (χ2v) is 3.31. The lowest BCUT2D eigenvalue weighted by atomic mass is 10.2. The number of aromatic amines is 1. The zero-order chi connectivity index (χ0) is 10.8. The zero-order valence-electron chi connectivity index (χ0n) is 8.41. The van der Waals surface area contributed by atoms with E-state index in [-0.39, 0.29) is 0 Å². The number of hydrogen-bond acceptors (Lipinski definition) is 3. The Balaban J connectivity index is 2.14. The Morgan fingerprint density at radius 1 is 0.938 bits per heavy atom. The molecule has 0 saturated carbocycles. The zero-order valence-corrected chi connectivity index (χ0v) is 8.41. The van der Waals surface area contributed by atoms with Crippen LogP contribution in [0, 0.1) is 0 Å². The molecule has 3 aromatic heterocycles. The molecule has 3 aromatic rings. The predicted octanol–water partition coefficient (Wildman–Crippen LogP) is 1.66. The summed E-state index contributed by atoms with van der Waals surface area (Å²) in [5, 5.41) is 11.1. The van der Waals surface area contributed by atoms with Gasteiger partial charge in [0.05, 0.1) is 18.1 Å². The molecule has 1 N–H and O–H groups in total. The van der Waals surface area contributed by atoms with E-state index in [0.29, 0.717) is 0 Å². The highest BCUT2D eigenvalue weighted by molar-refractivity contribution is 5.60. The van der Waals surface area contributed by atoms with E-state index in [1.165, 1.54) is 0 Å². The molecular formula is C11H9N5. The van der Waals surface area contributed by atoms with Crippen LogP contribution in [0.3, 0.4) is 0 Å². The number of pyridine rings is 1. The first-order valence-corrected chi connectivity index (χ1v) is 4.89. The molecule has 0 saturated heterocycles. The second kappa shape index (κ2) is 3.62. The molecule has 0 aliphatic carbocycles. The Hall–Kier alpha value is -2.43. The third-order valence-corrected chi connectivity index (χ3v) is 2.33. The second-order valence-electron chi connectivity index (χ2n) is 3.31. The first kappa shape index (κ1) is 8.84. The SMILES string of the molecule is c1cc(-c2ccnn2-c2ccn[nH]2)ccn1. The highest BCUT2D eigenvalue weighted by Gasteiger charge is 2.07. The summed E-state index contributed by atoms with van der Waals surface area (Å²) in [6, 6.07) is 7.72. The van der Waals surface area contributed by atoms with Gasteiger partial charge >= 0.3 is 0 Å². The van der Waals surface area contributed by atoms with Gasteiger partial charge in [0.2, 0.25) is 0 Å². The summed E-state index contributed by atoms with van der Waals surface area (Å²) in [7, 11) is 0. The topological polar surface area (TPSA) is 59.4 Å². The van der Waals surface area contributed by atoms with Gasteiger partial charge in [-0.1, -0.05) is 0 Å². The lowest BCUT2D eigenvalue weighted by molar-refractivity contribution is 0.842. The minimum absolute atomic E-state index is 0.844. The molecule has 0 aliphatic heterocycles. The van der Waals surface area contributed by atoms with E-state index in [9.17, 15) is 0 Å². The maximum Gasteiger partial charge on any atom is 0.149 e. The molecule has 5 nitrogen and oxygen atoms in total. The summed E-state index contributed by atoms with van der Waals surface area (Å²) < 4.78 is 1.81. The van der Waals surface area contributed by atoms with Crippen LogP contribution in [0.4, 0.5) is 0 Å². The molecule has 0 spiro atoms. The number of aromatic nitrogens is 5. The molecule has 0 bridgehead atoms. The highest BCUT2D eigenvalue weighted by atomic mass is 15.3. The number of nitrogens with one attached hydrogen (secondary N) is 1. The maximum atomic E-state index is 4.26. The Kier molecular flexibility index (Phi) is 2.00. The van der Waals surface area contributed by atoms with Crippen molar-refractivity contribution in [2.75, 3.05) is 0 Å². The van der Waals surface area contributed by atoms with Gasteiger partial charge in [0.25, 0.3) is 0 Å². The quantitative estimate of drug-likeness (QED) is 0.701. The van der Waals surface area contributed by atoms with E-state index < -0.39 is 0 Å². The molecule has 16 heavy (non-hydrogen) atoms. The van der Waals surface area contributed by atoms with Gasteiger partial charge in [-0.05, 0) is 18.2 Å². The van der Waals surface area contributed by atoms with Crippen LogP contribution in [-0.2, 0) is 0 Å². The van der Waals surface area contributed by atoms with Gasteiger partial charge in [-0.3, -0.25) is 10.1 Å². The van der Waals surface area contributed by atoms with Crippen molar-refractivity contribution in [1.29, 1.82) is 0 Å². The van der Waals surface area contributed by atoms with Crippen molar-refractivity contribution < 1.29 is 0 Å². The molecule has 0 atom stereocenters. The van der Waals surface area contributed by atoms with E-state index in [1.807, 2.05) is 28.9 Å². The van der Waals surface area contributed by atoms with Crippen molar-refractivity contribution >= 4 is 0 Å². The minimum Gasteiger partial charge on any atom is -0.265 e. The van der Waals surface area contributed by atoms with Crippen molar-refractivity contribution in [1.82, 2.24) is 25.0 Å². The van der Waals surface area contributed by atoms with Crippen LogP contribution in [0.15, 0.2) is 49.1 Å². The molecule has 0 radical (unpaired) electrons. The van der Waals surface area contributed by atoms with Gasteiger partial charge in [0.15, 0.2) is 0 Å². The Bertz CT molecular complexity index is 567. The van der Waals surface area contributed by atoms with Crippen molar-refractivity contribution in [3.8, 4) is 17.1 Å². The predicted molar refractivity (Wildman–Crippen MR) is 58.9 cm³/mol. The van der Waals surface area contributed by atoms with Crippen LogP contribution in [0.1, 0.15) is 0 Å². The van der Waals surface area contributed by atoms with Crippen LogP contribution in [-0.4, -0.2) is 25.0 Å². The average molecular weight is 211 g/mol. The van der Waals surface area contributed by atoms with Crippen LogP contribution >= 0.6 is 0 Å². The maximum absolute atomic E-state index is 4.26. The number of H-pyrrole nitrogens is 1. The fourth-order valence-electron chi connectivity index (χ4n) is 1.60. The van der Waals surface area contributed by atoms with E-state index in [0.717, 1.165) is 17.1 Å². The van der Waals surface area contributed by atoms with E-state index in [1.54, 1.807) is 24.8 Å². The fourth-order valence-corrected chi connectivity index (χ4v) is 1.60. The van der Waals surface area contributed by atoms with Crippen molar-refractivity contribution in [2.45, 2.75) is 0 Å². The van der Waals surface area contributed by atoms with Crippen LogP contribution in [0.25, 0.3) is 17.1 Å². The van der Waals surface area contributed by atoms with Gasteiger partial charge in [0.1, 0.15) is 5.82 Å². The first-order chi connectivity index (χ1) is 7.95. The minimum atomic E-state index is 0.844. The average Bonchev–Trinajstić information content (AvgIpc) is 3.01. The van der Waals surface area contributed by atoms with Crippen molar-refractivity contribution in [2.24, 2.45) is 0 Å². The largest absolute Gasteiger partial charge is 0.265 e. The lowest BCUT2D eigenvalue weighted by Gasteiger charge is -2.03.